The largest absolute Gasteiger partial charge is 0.458 e. The summed E-state index contributed by atoms with van der Waals surface area (Å²) in [6.45, 7) is 9.81. The first-order chi connectivity index (χ1) is 9.38. The van der Waals surface area contributed by atoms with Crippen molar-refractivity contribution in [3.05, 3.63) is 0 Å². The van der Waals surface area contributed by atoms with E-state index in [4.69, 9.17) is 4.74 Å². The van der Waals surface area contributed by atoms with Crippen molar-refractivity contribution in [1.82, 2.24) is 10.0 Å². The van der Waals surface area contributed by atoms with Crippen LogP contribution in [-0.4, -0.2) is 43.7 Å². The molecule has 8 heteroatoms. The Bertz CT molecular complexity index is 467. The fourth-order valence-electron chi connectivity index (χ4n) is 1.44. The molecule has 21 heavy (non-hydrogen) atoms. The standard InChI is InChI=1S/C13H26N2O5S/c1-7-8-21(18,19)15-9(2)11(16)14-10(3)12(17)20-13(4,5)6/h9-10,15H,7-8H2,1-6H3,(H,14,16)/t9?,10-/m1/s1. The molecule has 1 unspecified atom stereocenters. The Morgan fingerprint density at radius 2 is 1.67 bits per heavy atom. The van der Waals surface area contributed by atoms with Gasteiger partial charge in [-0.15, -0.1) is 0 Å². The highest BCUT2D eigenvalue weighted by Gasteiger charge is 2.26. The van der Waals surface area contributed by atoms with E-state index in [1.807, 2.05) is 0 Å². The molecule has 2 N–H and O–H groups in total. The SMILES string of the molecule is CCCS(=O)(=O)NC(C)C(=O)N[C@H](C)C(=O)OC(C)(C)C. The average molecular weight is 322 g/mol. The molecule has 0 aliphatic carbocycles. The van der Waals surface area contributed by atoms with E-state index in [-0.39, 0.29) is 5.75 Å². The van der Waals surface area contributed by atoms with Crippen LogP contribution in [0.4, 0.5) is 0 Å². The summed E-state index contributed by atoms with van der Waals surface area (Å²) in [4.78, 5) is 23.6. The van der Waals surface area contributed by atoms with Gasteiger partial charge in [-0.2, -0.15) is 0 Å². The predicted molar refractivity (Wildman–Crippen MR) is 80.1 cm³/mol. The van der Waals surface area contributed by atoms with Crippen molar-refractivity contribution in [2.24, 2.45) is 0 Å². The van der Waals surface area contributed by atoms with Crippen LogP contribution in [0.3, 0.4) is 0 Å². The monoisotopic (exact) mass is 322 g/mol. The highest BCUT2D eigenvalue weighted by molar-refractivity contribution is 7.89. The molecule has 0 fully saturated rings. The molecule has 0 aliphatic rings. The van der Waals surface area contributed by atoms with Gasteiger partial charge in [-0.3, -0.25) is 4.79 Å². The van der Waals surface area contributed by atoms with Crippen LogP contribution in [0, 0.1) is 0 Å². The Balaban J connectivity index is 4.51. The Morgan fingerprint density at radius 1 is 1.14 bits per heavy atom. The molecule has 0 aromatic carbocycles. The summed E-state index contributed by atoms with van der Waals surface area (Å²) in [5.41, 5.74) is -0.648. The molecule has 0 bridgehead atoms. The van der Waals surface area contributed by atoms with Gasteiger partial charge in [-0.1, -0.05) is 6.92 Å². The quantitative estimate of drug-likeness (QED) is 0.667. The number of carbonyl (C=O) groups is 2. The smallest absolute Gasteiger partial charge is 0.328 e. The van der Waals surface area contributed by atoms with Crippen LogP contribution in [0.1, 0.15) is 48.0 Å². The van der Waals surface area contributed by atoms with E-state index < -0.39 is 39.6 Å². The summed E-state index contributed by atoms with van der Waals surface area (Å²) in [5.74, 6) is -1.20. The Hall–Kier alpha value is -1.15. The zero-order valence-corrected chi connectivity index (χ0v) is 14.3. The third-order valence-electron chi connectivity index (χ3n) is 2.34. The summed E-state index contributed by atoms with van der Waals surface area (Å²) < 4.78 is 30.5. The topological polar surface area (TPSA) is 102 Å². The lowest BCUT2D eigenvalue weighted by Gasteiger charge is -2.23. The molecule has 0 spiro atoms. The van der Waals surface area contributed by atoms with Crippen LogP contribution < -0.4 is 10.0 Å². The Morgan fingerprint density at radius 3 is 2.10 bits per heavy atom. The second kappa shape index (κ2) is 7.74. The van der Waals surface area contributed by atoms with E-state index in [2.05, 4.69) is 10.0 Å². The first-order valence-electron chi connectivity index (χ1n) is 6.91. The molecule has 7 nitrogen and oxygen atoms in total. The van der Waals surface area contributed by atoms with Gasteiger partial charge in [0, 0.05) is 0 Å². The van der Waals surface area contributed by atoms with Crippen LogP contribution in [0.15, 0.2) is 0 Å². The Kier molecular flexibility index (Phi) is 7.32. The van der Waals surface area contributed by atoms with Gasteiger partial charge in [0.1, 0.15) is 11.6 Å². The lowest BCUT2D eigenvalue weighted by molar-refractivity contribution is -0.158. The van der Waals surface area contributed by atoms with Gasteiger partial charge in [-0.25, -0.2) is 17.9 Å². The van der Waals surface area contributed by atoms with E-state index in [0.717, 1.165) is 0 Å². The van der Waals surface area contributed by atoms with Gasteiger partial charge in [0.15, 0.2) is 0 Å². The number of ether oxygens (including phenoxy) is 1. The third kappa shape index (κ3) is 8.67. The van der Waals surface area contributed by atoms with E-state index >= 15 is 0 Å². The van der Waals surface area contributed by atoms with E-state index in [9.17, 15) is 18.0 Å². The number of hydrogen-bond acceptors (Lipinski definition) is 5. The number of nitrogens with one attached hydrogen (secondary N) is 2. The van der Waals surface area contributed by atoms with Crippen molar-refractivity contribution in [1.29, 1.82) is 0 Å². The van der Waals surface area contributed by atoms with Crippen LogP contribution in [0.2, 0.25) is 0 Å². The summed E-state index contributed by atoms with van der Waals surface area (Å²) >= 11 is 0. The molecule has 0 radical (unpaired) electrons. The minimum absolute atomic E-state index is 0.0494. The average Bonchev–Trinajstić information content (AvgIpc) is 2.25. The lowest BCUT2D eigenvalue weighted by atomic mass is 10.2. The van der Waals surface area contributed by atoms with Crippen molar-refractivity contribution in [2.75, 3.05) is 5.75 Å². The van der Waals surface area contributed by atoms with E-state index in [1.165, 1.54) is 13.8 Å². The highest BCUT2D eigenvalue weighted by Crippen LogP contribution is 2.08. The molecule has 0 saturated heterocycles. The van der Waals surface area contributed by atoms with Crippen molar-refractivity contribution in [3.8, 4) is 0 Å². The van der Waals surface area contributed by atoms with Gasteiger partial charge < -0.3 is 10.1 Å². The fraction of sp³-hybridized carbons (Fsp3) is 0.846. The van der Waals surface area contributed by atoms with E-state index in [1.54, 1.807) is 27.7 Å². The minimum atomic E-state index is -3.49. The first kappa shape index (κ1) is 19.9. The maximum absolute atomic E-state index is 11.9. The summed E-state index contributed by atoms with van der Waals surface area (Å²) in [7, 11) is -3.49. The number of carbonyl (C=O) groups excluding carboxylic acids is 2. The van der Waals surface area contributed by atoms with Gasteiger partial charge in [0.2, 0.25) is 15.9 Å². The van der Waals surface area contributed by atoms with Crippen molar-refractivity contribution >= 4 is 21.9 Å². The second-order valence-electron chi connectivity index (χ2n) is 5.92. The van der Waals surface area contributed by atoms with Crippen molar-refractivity contribution in [3.63, 3.8) is 0 Å². The predicted octanol–water partition coefficient (Wildman–Crippen LogP) is 0.551. The number of amides is 1. The fourth-order valence-corrected chi connectivity index (χ4v) is 2.74. The molecule has 0 rings (SSSR count). The third-order valence-corrected chi connectivity index (χ3v) is 4.00. The molecule has 2 atom stereocenters. The van der Waals surface area contributed by atoms with Crippen molar-refractivity contribution in [2.45, 2.75) is 65.6 Å². The normalized spacial score (nSPS) is 15.1. The maximum atomic E-state index is 11.9. The number of esters is 1. The zero-order chi connectivity index (χ0) is 16.8. The van der Waals surface area contributed by atoms with Gasteiger partial charge in [0.05, 0.1) is 11.8 Å². The van der Waals surface area contributed by atoms with Crippen molar-refractivity contribution < 1.29 is 22.7 Å². The van der Waals surface area contributed by atoms with E-state index in [0.29, 0.717) is 6.42 Å². The molecule has 0 heterocycles. The summed E-state index contributed by atoms with van der Waals surface area (Å²) in [6.07, 6.45) is 0.456. The van der Waals surface area contributed by atoms with Crippen LogP contribution in [0.5, 0.6) is 0 Å². The summed E-state index contributed by atoms with van der Waals surface area (Å²) in [5, 5.41) is 2.43. The maximum Gasteiger partial charge on any atom is 0.328 e. The molecule has 1 amide bonds. The molecular weight excluding hydrogens is 296 g/mol. The number of sulfonamides is 1. The lowest BCUT2D eigenvalue weighted by Crippen LogP contribution is -2.50. The van der Waals surface area contributed by atoms with Gasteiger partial charge in [-0.05, 0) is 41.0 Å². The highest BCUT2D eigenvalue weighted by atomic mass is 32.2. The minimum Gasteiger partial charge on any atom is -0.458 e. The molecule has 0 saturated carbocycles. The zero-order valence-electron chi connectivity index (χ0n) is 13.5. The Labute approximate surface area is 126 Å². The molecule has 0 aromatic rings. The molecule has 124 valence electrons. The molecule has 0 aliphatic heterocycles. The molecule has 0 aromatic heterocycles. The molecular formula is C13H26N2O5S. The van der Waals surface area contributed by atoms with Crippen LogP contribution >= 0.6 is 0 Å². The number of hydrogen-bond donors (Lipinski definition) is 2. The van der Waals surface area contributed by atoms with Crippen LogP contribution in [-0.2, 0) is 24.3 Å². The first-order valence-corrected chi connectivity index (χ1v) is 8.56. The second-order valence-corrected chi connectivity index (χ2v) is 7.80. The summed E-state index contributed by atoms with van der Waals surface area (Å²) in [6, 6.07) is -1.80. The van der Waals surface area contributed by atoms with Gasteiger partial charge in [0.25, 0.3) is 0 Å². The number of rotatable bonds is 7. The van der Waals surface area contributed by atoms with Crippen LogP contribution in [0.25, 0.3) is 0 Å². The van der Waals surface area contributed by atoms with Gasteiger partial charge >= 0.3 is 5.97 Å².